The van der Waals surface area contributed by atoms with Gasteiger partial charge in [-0.1, -0.05) is 53.4 Å². The summed E-state index contributed by atoms with van der Waals surface area (Å²) in [4.78, 5) is 0. The van der Waals surface area contributed by atoms with E-state index in [1.165, 1.54) is 77.5 Å². The monoisotopic (exact) mass is 360 g/mol. The van der Waals surface area contributed by atoms with Crippen LogP contribution in [-0.2, 0) is 4.12 Å². The van der Waals surface area contributed by atoms with E-state index in [-0.39, 0.29) is 0 Å². The minimum Gasteiger partial charge on any atom is -0.437 e. The second kappa shape index (κ2) is 15.8. The van der Waals surface area contributed by atoms with E-state index in [0.717, 1.165) is 0 Å². The van der Waals surface area contributed by atoms with Crippen molar-refractivity contribution in [1.82, 2.24) is 9.13 Å². The van der Waals surface area contributed by atoms with Crippen molar-refractivity contribution in [2.75, 3.05) is 26.2 Å². The van der Waals surface area contributed by atoms with Gasteiger partial charge >= 0.3 is 0 Å². The van der Waals surface area contributed by atoms with E-state index >= 15 is 0 Å². The third-order valence-electron chi connectivity index (χ3n) is 4.62. The Hall–Kier alpha value is 0.314. The molecule has 0 heterocycles. The summed E-state index contributed by atoms with van der Waals surface area (Å²) in [7, 11) is -2.42. The highest BCUT2D eigenvalue weighted by Crippen LogP contribution is 2.09. The zero-order chi connectivity index (χ0) is 17.5. The Kier molecular flexibility index (Phi) is 16.0. The van der Waals surface area contributed by atoms with Crippen LogP contribution in [0.4, 0.5) is 0 Å². The van der Waals surface area contributed by atoms with Crippen molar-refractivity contribution in [2.24, 2.45) is 0 Å². The molecule has 140 valence electrons. The Morgan fingerprint density at radius 1 is 0.565 bits per heavy atom. The van der Waals surface area contributed by atoms with Gasteiger partial charge in [-0.2, -0.15) is 0 Å². The van der Waals surface area contributed by atoms with Gasteiger partial charge in [0, 0.05) is 0 Å². The number of hydrogen-bond acceptors (Lipinski definition) is 3. The smallest absolute Gasteiger partial charge is 0.241 e. The molecule has 0 amide bonds. The summed E-state index contributed by atoms with van der Waals surface area (Å²) in [5, 5.41) is 0. The van der Waals surface area contributed by atoms with Crippen LogP contribution in [0.15, 0.2) is 0 Å². The summed E-state index contributed by atoms with van der Waals surface area (Å²) < 4.78 is 12.1. The largest absolute Gasteiger partial charge is 0.437 e. The van der Waals surface area contributed by atoms with Crippen LogP contribution in [0.5, 0.6) is 0 Å². The van der Waals surface area contributed by atoms with Gasteiger partial charge in [0.2, 0.25) is 18.4 Å². The average Bonchev–Trinajstić information content (AvgIpc) is 2.54. The van der Waals surface area contributed by atoms with Crippen LogP contribution in [0.25, 0.3) is 0 Å². The molecule has 0 aromatic carbocycles. The van der Waals surface area contributed by atoms with E-state index in [2.05, 4.69) is 49.9 Å². The van der Waals surface area contributed by atoms with Crippen molar-refractivity contribution in [2.45, 2.75) is 92.2 Å². The fraction of sp³-hybridized carbons (Fsp3) is 1.00. The second-order valence-electron chi connectivity index (χ2n) is 6.82. The molecule has 0 saturated heterocycles. The average molecular weight is 361 g/mol. The molecule has 0 radical (unpaired) electrons. The van der Waals surface area contributed by atoms with Crippen molar-refractivity contribution >= 4 is 18.4 Å². The third kappa shape index (κ3) is 11.5. The lowest BCUT2D eigenvalue weighted by Crippen LogP contribution is -2.49. The summed E-state index contributed by atoms with van der Waals surface area (Å²) in [6, 6.07) is 0. The number of rotatable bonds is 16. The molecule has 2 atom stereocenters. The molecule has 2 unspecified atom stereocenters. The Morgan fingerprint density at radius 2 is 0.826 bits per heavy atom. The summed E-state index contributed by atoms with van der Waals surface area (Å²) in [6.45, 7) is 19.0. The number of hydrogen-bond donors (Lipinski definition) is 0. The third-order valence-corrected chi connectivity index (χ3v) is 10.9. The van der Waals surface area contributed by atoms with Crippen molar-refractivity contribution in [3.05, 3.63) is 0 Å². The second-order valence-corrected chi connectivity index (χ2v) is 11.8. The molecule has 0 fully saturated rings. The first kappa shape index (κ1) is 23.3. The molecular weight excluding hydrogens is 316 g/mol. The first-order valence-electron chi connectivity index (χ1n) is 10.2. The fourth-order valence-corrected chi connectivity index (χ4v) is 8.69. The molecule has 0 aromatic heterocycles. The molecule has 0 rings (SSSR count). The first-order valence-corrected chi connectivity index (χ1v) is 14.5. The molecule has 23 heavy (non-hydrogen) atoms. The van der Waals surface area contributed by atoms with Gasteiger partial charge in [-0.15, -0.1) is 0 Å². The standard InChI is InChI=1S/C18H44N2OSi2/c1-7-11-15-19(16-12-8-2)22(5)21-23(6)20(17-13-9-3)18-14-10-4/h22-23H,7-18H2,1-6H3. The Bertz CT molecular complexity index is 217. The summed E-state index contributed by atoms with van der Waals surface area (Å²) in [5.74, 6) is 0. The summed E-state index contributed by atoms with van der Waals surface area (Å²) in [6.07, 6.45) is 10.4. The van der Waals surface area contributed by atoms with Crippen molar-refractivity contribution in [1.29, 1.82) is 0 Å². The lowest BCUT2D eigenvalue weighted by Gasteiger charge is -2.34. The molecule has 0 aliphatic carbocycles. The van der Waals surface area contributed by atoms with Crippen molar-refractivity contribution < 1.29 is 4.12 Å². The molecule has 0 aromatic rings. The van der Waals surface area contributed by atoms with Crippen LogP contribution < -0.4 is 0 Å². The predicted octanol–water partition coefficient (Wildman–Crippen LogP) is 4.51. The molecule has 0 aliphatic heterocycles. The van der Waals surface area contributed by atoms with Crippen molar-refractivity contribution in [3.63, 3.8) is 0 Å². The lowest BCUT2D eigenvalue weighted by atomic mass is 10.3. The van der Waals surface area contributed by atoms with Crippen LogP contribution in [0.3, 0.4) is 0 Å². The van der Waals surface area contributed by atoms with Crippen LogP contribution in [0, 0.1) is 0 Å². The van der Waals surface area contributed by atoms with Gasteiger partial charge in [-0.25, -0.2) is 0 Å². The van der Waals surface area contributed by atoms with Crippen molar-refractivity contribution in [3.8, 4) is 0 Å². The Labute approximate surface area is 150 Å². The predicted molar refractivity (Wildman–Crippen MR) is 110 cm³/mol. The Balaban J connectivity index is 4.51. The topological polar surface area (TPSA) is 15.7 Å². The maximum Gasteiger partial charge on any atom is 0.241 e. The minimum absolute atomic E-state index is 1.21. The van der Waals surface area contributed by atoms with Crippen LogP contribution >= 0.6 is 0 Å². The van der Waals surface area contributed by atoms with Gasteiger partial charge in [0.25, 0.3) is 0 Å². The van der Waals surface area contributed by atoms with E-state index in [0.29, 0.717) is 0 Å². The highest BCUT2D eigenvalue weighted by Gasteiger charge is 2.22. The zero-order valence-corrected chi connectivity index (χ0v) is 19.3. The zero-order valence-electron chi connectivity index (χ0n) is 16.9. The highest BCUT2D eigenvalue weighted by molar-refractivity contribution is 6.61. The van der Waals surface area contributed by atoms with E-state index in [9.17, 15) is 0 Å². The van der Waals surface area contributed by atoms with Gasteiger partial charge < -0.3 is 13.2 Å². The molecule has 3 nitrogen and oxygen atoms in total. The first-order chi connectivity index (χ1) is 11.1. The highest BCUT2D eigenvalue weighted by atomic mass is 28.4. The van der Waals surface area contributed by atoms with E-state index in [1.807, 2.05) is 0 Å². The van der Waals surface area contributed by atoms with Gasteiger partial charge in [0.15, 0.2) is 0 Å². The maximum absolute atomic E-state index is 6.69. The molecular formula is C18H44N2OSi2. The van der Waals surface area contributed by atoms with Gasteiger partial charge in [-0.3, -0.25) is 0 Å². The molecule has 0 saturated carbocycles. The van der Waals surface area contributed by atoms with E-state index in [4.69, 9.17) is 4.12 Å². The lowest BCUT2D eigenvalue weighted by molar-refractivity contribution is 0.320. The van der Waals surface area contributed by atoms with Gasteiger partial charge in [0.05, 0.1) is 0 Å². The molecule has 0 bridgehead atoms. The van der Waals surface area contributed by atoms with Crippen LogP contribution in [-0.4, -0.2) is 53.7 Å². The normalized spacial score (nSPS) is 14.6. The van der Waals surface area contributed by atoms with Gasteiger partial charge in [0.1, 0.15) is 0 Å². The molecule has 5 heteroatoms. The van der Waals surface area contributed by atoms with Crippen LogP contribution in [0.1, 0.15) is 79.1 Å². The molecule has 0 N–H and O–H groups in total. The summed E-state index contributed by atoms with van der Waals surface area (Å²) in [5.41, 5.74) is 0. The van der Waals surface area contributed by atoms with E-state index < -0.39 is 18.4 Å². The quantitative estimate of drug-likeness (QED) is 0.377. The Morgan fingerprint density at radius 3 is 1.04 bits per heavy atom. The fourth-order valence-electron chi connectivity index (χ4n) is 2.85. The maximum atomic E-state index is 6.69. The SMILES string of the molecule is CCCCN(CCCC)[SiH](C)O[SiH](C)N(CCCC)CCCC. The molecule has 0 aliphatic rings. The van der Waals surface area contributed by atoms with E-state index in [1.54, 1.807) is 0 Å². The van der Waals surface area contributed by atoms with Crippen LogP contribution in [0.2, 0.25) is 13.1 Å². The minimum atomic E-state index is -1.21. The van der Waals surface area contributed by atoms with Gasteiger partial charge in [-0.05, 0) is 65.0 Å². The number of unbranched alkanes of at least 4 members (excludes halogenated alkanes) is 4. The number of nitrogens with zero attached hydrogens (tertiary/aromatic N) is 2. The summed E-state index contributed by atoms with van der Waals surface area (Å²) >= 11 is 0. The molecule has 0 spiro atoms.